The molecule has 0 aliphatic rings. The number of para-hydroxylation sites is 2. The van der Waals surface area contributed by atoms with Crippen LogP contribution >= 0.6 is 0 Å². The zero-order chi connectivity index (χ0) is 13.7. The van der Waals surface area contributed by atoms with Crippen molar-refractivity contribution in [2.75, 3.05) is 6.54 Å². The van der Waals surface area contributed by atoms with Crippen molar-refractivity contribution in [1.82, 2.24) is 14.9 Å². The van der Waals surface area contributed by atoms with Crippen LogP contribution in [0, 0.1) is 0 Å². The van der Waals surface area contributed by atoms with Crippen molar-refractivity contribution >= 4 is 16.9 Å². The number of carbonyl (C=O) groups excluding carboxylic acids is 1. The van der Waals surface area contributed by atoms with Crippen LogP contribution in [0.4, 0.5) is 0 Å². The summed E-state index contributed by atoms with van der Waals surface area (Å²) in [6.45, 7) is 5.26. The van der Waals surface area contributed by atoms with E-state index in [0.717, 1.165) is 42.7 Å². The van der Waals surface area contributed by atoms with E-state index in [1.165, 1.54) is 0 Å². The molecule has 4 nitrogen and oxygen atoms in total. The van der Waals surface area contributed by atoms with E-state index >= 15 is 0 Å². The van der Waals surface area contributed by atoms with E-state index in [4.69, 9.17) is 0 Å². The van der Waals surface area contributed by atoms with Crippen LogP contribution in [0.3, 0.4) is 0 Å². The Labute approximate surface area is 113 Å². The SMILES string of the molecule is CCCNC(=O)Cn1c(CCC)nc2ccccc21. The number of hydrogen-bond donors (Lipinski definition) is 1. The van der Waals surface area contributed by atoms with Crippen molar-refractivity contribution in [3.8, 4) is 0 Å². The molecule has 2 aromatic rings. The summed E-state index contributed by atoms with van der Waals surface area (Å²) < 4.78 is 2.03. The average Bonchev–Trinajstić information content (AvgIpc) is 2.75. The van der Waals surface area contributed by atoms with Gasteiger partial charge >= 0.3 is 0 Å². The maximum Gasteiger partial charge on any atom is 0.240 e. The second-order valence-electron chi connectivity index (χ2n) is 4.70. The van der Waals surface area contributed by atoms with E-state index < -0.39 is 0 Å². The summed E-state index contributed by atoms with van der Waals surface area (Å²) in [4.78, 5) is 16.5. The Bertz CT molecular complexity index is 560. The van der Waals surface area contributed by atoms with Crippen molar-refractivity contribution in [3.05, 3.63) is 30.1 Å². The van der Waals surface area contributed by atoms with Crippen LogP contribution in [0.15, 0.2) is 24.3 Å². The fraction of sp³-hybridized carbons (Fsp3) is 0.467. The molecule has 0 unspecified atom stereocenters. The standard InChI is InChI=1S/C15H21N3O/c1-3-7-14-17-12-8-5-6-9-13(12)18(14)11-15(19)16-10-4-2/h5-6,8-9H,3-4,7,10-11H2,1-2H3,(H,16,19). The van der Waals surface area contributed by atoms with Crippen molar-refractivity contribution in [2.24, 2.45) is 0 Å². The highest BCUT2D eigenvalue weighted by atomic mass is 16.1. The maximum atomic E-state index is 11.9. The first kappa shape index (κ1) is 13.6. The highest BCUT2D eigenvalue weighted by molar-refractivity contribution is 5.81. The summed E-state index contributed by atoms with van der Waals surface area (Å²) in [5.41, 5.74) is 2.01. The molecule has 0 saturated heterocycles. The van der Waals surface area contributed by atoms with Crippen molar-refractivity contribution in [2.45, 2.75) is 39.7 Å². The van der Waals surface area contributed by atoms with E-state index in [1.54, 1.807) is 0 Å². The molecule has 4 heteroatoms. The van der Waals surface area contributed by atoms with Crippen LogP contribution in [0.2, 0.25) is 0 Å². The highest BCUT2D eigenvalue weighted by Crippen LogP contribution is 2.16. The molecule has 0 saturated carbocycles. The number of amides is 1. The number of nitrogens with zero attached hydrogens (tertiary/aromatic N) is 2. The van der Waals surface area contributed by atoms with Gasteiger partial charge in [0.2, 0.25) is 5.91 Å². The number of imidazole rings is 1. The van der Waals surface area contributed by atoms with Crippen molar-refractivity contribution < 1.29 is 4.79 Å². The van der Waals surface area contributed by atoms with Crippen LogP contribution in [-0.2, 0) is 17.8 Å². The molecular weight excluding hydrogens is 238 g/mol. The lowest BCUT2D eigenvalue weighted by molar-refractivity contribution is -0.121. The van der Waals surface area contributed by atoms with Gasteiger partial charge in [0.1, 0.15) is 12.4 Å². The summed E-state index contributed by atoms with van der Waals surface area (Å²) in [6, 6.07) is 7.98. The Hall–Kier alpha value is -1.84. The quantitative estimate of drug-likeness (QED) is 0.866. The van der Waals surface area contributed by atoms with Gasteiger partial charge in [-0.3, -0.25) is 4.79 Å². The molecule has 1 aromatic carbocycles. The first-order valence-electron chi connectivity index (χ1n) is 6.97. The predicted octanol–water partition coefficient (Wildman–Crippen LogP) is 2.52. The molecule has 2 rings (SSSR count). The van der Waals surface area contributed by atoms with Gasteiger partial charge in [-0.1, -0.05) is 26.0 Å². The molecule has 102 valence electrons. The second kappa shape index (κ2) is 6.36. The number of nitrogens with one attached hydrogen (secondary N) is 1. The molecule has 0 spiro atoms. The molecule has 0 atom stereocenters. The molecule has 0 aliphatic carbocycles. The lowest BCUT2D eigenvalue weighted by Crippen LogP contribution is -2.28. The molecule has 1 N–H and O–H groups in total. The monoisotopic (exact) mass is 259 g/mol. The third kappa shape index (κ3) is 3.13. The van der Waals surface area contributed by atoms with Crippen LogP contribution in [0.1, 0.15) is 32.5 Å². The van der Waals surface area contributed by atoms with Crippen molar-refractivity contribution in [3.63, 3.8) is 0 Å². The smallest absolute Gasteiger partial charge is 0.240 e. The molecule has 1 aromatic heterocycles. The normalized spacial score (nSPS) is 10.8. The molecule has 0 bridgehead atoms. The zero-order valence-electron chi connectivity index (χ0n) is 11.6. The Kier molecular flexibility index (Phi) is 4.55. The predicted molar refractivity (Wildman–Crippen MR) is 77.0 cm³/mol. The van der Waals surface area contributed by atoms with Gasteiger partial charge in [-0.15, -0.1) is 0 Å². The largest absolute Gasteiger partial charge is 0.355 e. The van der Waals surface area contributed by atoms with Gasteiger partial charge in [-0.25, -0.2) is 4.98 Å². The molecule has 1 heterocycles. The Morgan fingerprint density at radius 2 is 2.05 bits per heavy atom. The zero-order valence-corrected chi connectivity index (χ0v) is 11.6. The maximum absolute atomic E-state index is 11.9. The second-order valence-corrected chi connectivity index (χ2v) is 4.70. The summed E-state index contributed by atoms with van der Waals surface area (Å²) in [6.07, 6.45) is 2.88. The molecule has 19 heavy (non-hydrogen) atoms. The Morgan fingerprint density at radius 3 is 2.79 bits per heavy atom. The van der Waals surface area contributed by atoms with E-state index in [2.05, 4.69) is 24.1 Å². The number of aromatic nitrogens is 2. The summed E-state index contributed by atoms with van der Waals surface area (Å²) >= 11 is 0. The van der Waals surface area contributed by atoms with E-state index in [-0.39, 0.29) is 5.91 Å². The summed E-state index contributed by atoms with van der Waals surface area (Å²) in [5.74, 6) is 1.05. The molecule has 0 aliphatic heterocycles. The van der Waals surface area contributed by atoms with Gasteiger partial charge in [0, 0.05) is 13.0 Å². The van der Waals surface area contributed by atoms with Crippen LogP contribution in [0.25, 0.3) is 11.0 Å². The third-order valence-corrected chi connectivity index (χ3v) is 3.08. The Morgan fingerprint density at radius 1 is 1.26 bits per heavy atom. The lowest BCUT2D eigenvalue weighted by Gasteiger charge is -2.09. The van der Waals surface area contributed by atoms with Gasteiger partial charge in [0.25, 0.3) is 0 Å². The van der Waals surface area contributed by atoms with E-state index in [9.17, 15) is 4.79 Å². The van der Waals surface area contributed by atoms with Crippen molar-refractivity contribution in [1.29, 1.82) is 0 Å². The minimum absolute atomic E-state index is 0.0577. The van der Waals surface area contributed by atoms with Gasteiger partial charge in [0.15, 0.2) is 0 Å². The summed E-state index contributed by atoms with van der Waals surface area (Å²) in [7, 11) is 0. The van der Waals surface area contributed by atoms with Gasteiger partial charge in [-0.2, -0.15) is 0 Å². The van der Waals surface area contributed by atoms with E-state index in [0.29, 0.717) is 6.54 Å². The van der Waals surface area contributed by atoms with Gasteiger partial charge in [-0.05, 0) is 25.0 Å². The highest BCUT2D eigenvalue weighted by Gasteiger charge is 2.12. The molecule has 1 amide bonds. The number of carbonyl (C=O) groups is 1. The minimum atomic E-state index is 0.0577. The molecule has 0 fully saturated rings. The third-order valence-electron chi connectivity index (χ3n) is 3.08. The minimum Gasteiger partial charge on any atom is -0.355 e. The fourth-order valence-corrected chi connectivity index (χ4v) is 2.18. The topological polar surface area (TPSA) is 46.9 Å². The number of fused-ring (bicyclic) bond motifs is 1. The van der Waals surface area contributed by atoms with Gasteiger partial charge in [0.05, 0.1) is 11.0 Å². The Balaban J connectivity index is 2.28. The molecular formula is C15H21N3O. The first-order chi connectivity index (χ1) is 9.26. The average molecular weight is 259 g/mol. The molecule has 0 radical (unpaired) electrons. The summed E-state index contributed by atoms with van der Waals surface area (Å²) in [5, 5.41) is 2.92. The number of benzene rings is 1. The van der Waals surface area contributed by atoms with Crippen LogP contribution < -0.4 is 5.32 Å². The van der Waals surface area contributed by atoms with Gasteiger partial charge < -0.3 is 9.88 Å². The first-order valence-corrected chi connectivity index (χ1v) is 6.97. The number of rotatable bonds is 6. The lowest BCUT2D eigenvalue weighted by atomic mass is 10.3. The van der Waals surface area contributed by atoms with Crippen LogP contribution in [0.5, 0.6) is 0 Å². The van der Waals surface area contributed by atoms with E-state index in [1.807, 2.05) is 28.8 Å². The number of hydrogen-bond acceptors (Lipinski definition) is 2. The van der Waals surface area contributed by atoms with Crippen LogP contribution in [-0.4, -0.2) is 22.0 Å². The number of aryl methyl sites for hydroxylation is 1. The fourth-order valence-electron chi connectivity index (χ4n) is 2.18.